The fraction of sp³-hybridized carbons (Fsp3) is 0.286. The van der Waals surface area contributed by atoms with Crippen LogP contribution in [0.2, 0.25) is 0 Å². The summed E-state index contributed by atoms with van der Waals surface area (Å²) in [4.78, 5) is 28.8. The van der Waals surface area contributed by atoms with E-state index in [1.54, 1.807) is 29.5 Å². The molecule has 1 aliphatic rings. The van der Waals surface area contributed by atoms with Gasteiger partial charge in [-0.25, -0.2) is 4.98 Å². The van der Waals surface area contributed by atoms with Crippen molar-refractivity contribution in [3.05, 3.63) is 59.1 Å². The van der Waals surface area contributed by atoms with Gasteiger partial charge >= 0.3 is 0 Å². The molecular weight excluding hydrogens is 358 g/mol. The van der Waals surface area contributed by atoms with Crippen LogP contribution in [0.1, 0.15) is 34.6 Å². The van der Waals surface area contributed by atoms with Gasteiger partial charge in [-0.1, -0.05) is 18.2 Å². The minimum absolute atomic E-state index is 0.0448. The number of hydrogen-bond acceptors (Lipinski definition) is 4. The quantitative estimate of drug-likeness (QED) is 0.610. The number of rotatable bonds is 7. The first-order valence-corrected chi connectivity index (χ1v) is 10.0. The number of benzene rings is 2. The van der Waals surface area contributed by atoms with Gasteiger partial charge in [-0.15, -0.1) is 11.3 Å². The number of amides is 2. The van der Waals surface area contributed by atoms with Crippen LogP contribution in [0.25, 0.3) is 10.2 Å². The van der Waals surface area contributed by atoms with E-state index in [1.165, 1.54) is 4.70 Å². The standard InChI is InChI=1S/C21H21N3O2S/c25-20(15-5-3-6-16(13-15)23-21(26)14-10-11-14)22-12-4-9-19-24-17-7-1-2-8-18(17)27-19/h1-3,5-8,13-14H,4,9-12H2,(H,22,25)(H,23,26). The van der Waals surface area contributed by atoms with Crippen LogP contribution in [0.4, 0.5) is 5.69 Å². The van der Waals surface area contributed by atoms with Crippen LogP contribution < -0.4 is 10.6 Å². The fourth-order valence-corrected chi connectivity index (χ4v) is 3.91. The maximum atomic E-state index is 12.3. The lowest BCUT2D eigenvalue weighted by atomic mass is 10.2. The molecule has 0 aliphatic heterocycles. The van der Waals surface area contributed by atoms with E-state index in [1.807, 2.05) is 24.3 Å². The molecule has 3 aromatic rings. The van der Waals surface area contributed by atoms with Crippen LogP contribution in [0.3, 0.4) is 0 Å². The van der Waals surface area contributed by atoms with Crippen molar-refractivity contribution in [3.63, 3.8) is 0 Å². The third-order valence-electron chi connectivity index (χ3n) is 4.53. The van der Waals surface area contributed by atoms with Gasteiger partial charge in [0, 0.05) is 30.1 Å². The average Bonchev–Trinajstić information content (AvgIpc) is 3.45. The van der Waals surface area contributed by atoms with Gasteiger partial charge in [0.2, 0.25) is 5.91 Å². The molecule has 138 valence electrons. The third kappa shape index (κ3) is 4.52. The highest BCUT2D eigenvalue weighted by molar-refractivity contribution is 7.18. The van der Waals surface area contributed by atoms with E-state index in [9.17, 15) is 9.59 Å². The van der Waals surface area contributed by atoms with Crippen molar-refractivity contribution in [2.45, 2.75) is 25.7 Å². The zero-order valence-corrected chi connectivity index (χ0v) is 15.7. The summed E-state index contributed by atoms with van der Waals surface area (Å²) in [6.07, 6.45) is 3.60. The number of thiazole rings is 1. The number of carbonyl (C=O) groups excluding carboxylic acids is 2. The van der Waals surface area contributed by atoms with Crippen LogP contribution >= 0.6 is 11.3 Å². The molecule has 0 bridgehead atoms. The van der Waals surface area contributed by atoms with Crippen molar-refractivity contribution in [3.8, 4) is 0 Å². The first kappa shape index (κ1) is 17.7. The van der Waals surface area contributed by atoms with Crippen LogP contribution in [0, 0.1) is 5.92 Å². The molecule has 0 unspecified atom stereocenters. The lowest BCUT2D eigenvalue weighted by Crippen LogP contribution is -2.25. The first-order chi connectivity index (χ1) is 13.2. The van der Waals surface area contributed by atoms with E-state index < -0.39 is 0 Å². The second kappa shape index (κ2) is 7.88. The van der Waals surface area contributed by atoms with E-state index >= 15 is 0 Å². The SMILES string of the molecule is O=C(NCCCc1nc2ccccc2s1)c1cccc(NC(=O)C2CC2)c1. The Bertz CT molecular complexity index is 945. The summed E-state index contributed by atoms with van der Waals surface area (Å²) >= 11 is 1.70. The average molecular weight is 379 g/mol. The largest absolute Gasteiger partial charge is 0.352 e. The van der Waals surface area contributed by atoms with E-state index in [0.717, 1.165) is 36.2 Å². The number of aryl methyl sites for hydroxylation is 1. The fourth-order valence-electron chi connectivity index (χ4n) is 2.90. The molecule has 5 nitrogen and oxygen atoms in total. The van der Waals surface area contributed by atoms with Crippen LogP contribution in [-0.2, 0) is 11.2 Å². The summed E-state index contributed by atoms with van der Waals surface area (Å²) in [5.41, 5.74) is 2.27. The summed E-state index contributed by atoms with van der Waals surface area (Å²) in [5.74, 6) is 0.0650. The molecule has 2 N–H and O–H groups in total. The molecule has 4 rings (SSSR count). The Morgan fingerprint density at radius 2 is 1.96 bits per heavy atom. The van der Waals surface area contributed by atoms with Gasteiger partial charge in [-0.3, -0.25) is 9.59 Å². The molecule has 2 amide bonds. The lowest BCUT2D eigenvalue weighted by molar-refractivity contribution is -0.117. The molecular formula is C21H21N3O2S. The molecule has 1 saturated carbocycles. The predicted molar refractivity (Wildman–Crippen MR) is 108 cm³/mol. The zero-order valence-electron chi connectivity index (χ0n) is 14.9. The minimum Gasteiger partial charge on any atom is -0.352 e. The molecule has 0 saturated heterocycles. The third-order valence-corrected chi connectivity index (χ3v) is 5.63. The lowest BCUT2D eigenvalue weighted by Gasteiger charge is -2.08. The second-order valence-corrected chi connectivity index (χ2v) is 7.89. The first-order valence-electron chi connectivity index (χ1n) is 9.22. The zero-order chi connectivity index (χ0) is 18.6. The molecule has 0 spiro atoms. The Labute approximate surface area is 161 Å². The van der Waals surface area contributed by atoms with Crippen molar-refractivity contribution >= 4 is 39.1 Å². The van der Waals surface area contributed by atoms with Gasteiger partial charge in [-0.2, -0.15) is 0 Å². The van der Waals surface area contributed by atoms with Crippen LogP contribution in [0.15, 0.2) is 48.5 Å². The monoisotopic (exact) mass is 379 g/mol. The predicted octanol–water partition coefficient (Wildman–Crippen LogP) is 4.01. The minimum atomic E-state index is -0.123. The summed E-state index contributed by atoms with van der Waals surface area (Å²) < 4.78 is 1.20. The van der Waals surface area contributed by atoms with Crippen molar-refractivity contribution in [1.82, 2.24) is 10.3 Å². The number of fused-ring (bicyclic) bond motifs is 1. The maximum absolute atomic E-state index is 12.3. The number of aromatic nitrogens is 1. The molecule has 0 atom stereocenters. The number of hydrogen-bond donors (Lipinski definition) is 2. The normalized spacial score (nSPS) is 13.5. The van der Waals surface area contributed by atoms with Gasteiger partial charge < -0.3 is 10.6 Å². The Balaban J connectivity index is 1.26. The van der Waals surface area contributed by atoms with Crippen molar-refractivity contribution < 1.29 is 9.59 Å². The summed E-state index contributed by atoms with van der Waals surface area (Å²) in [6, 6.07) is 15.2. The molecule has 2 aromatic carbocycles. The van der Waals surface area contributed by atoms with E-state index in [2.05, 4.69) is 21.7 Å². The second-order valence-electron chi connectivity index (χ2n) is 6.78. The van der Waals surface area contributed by atoms with Crippen LogP contribution in [-0.4, -0.2) is 23.3 Å². The van der Waals surface area contributed by atoms with Gasteiger partial charge in [0.25, 0.3) is 5.91 Å². The highest BCUT2D eigenvalue weighted by Gasteiger charge is 2.29. The highest BCUT2D eigenvalue weighted by atomic mass is 32.1. The number of nitrogens with one attached hydrogen (secondary N) is 2. The topological polar surface area (TPSA) is 71.1 Å². The van der Waals surface area contributed by atoms with Crippen molar-refractivity contribution in [2.75, 3.05) is 11.9 Å². The Morgan fingerprint density at radius 3 is 2.78 bits per heavy atom. The Kier molecular flexibility index (Phi) is 5.16. The van der Waals surface area contributed by atoms with Crippen LogP contribution in [0.5, 0.6) is 0 Å². The molecule has 1 aromatic heterocycles. The molecule has 1 aliphatic carbocycles. The summed E-state index contributed by atoms with van der Waals surface area (Å²) in [7, 11) is 0. The molecule has 27 heavy (non-hydrogen) atoms. The maximum Gasteiger partial charge on any atom is 0.251 e. The molecule has 0 radical (unpaired) electrons. The molecule has 1 heterocycles. The summed E-state index contributed by atoms with van der Waals surface area (Å²) in [5, 5.41) is 6.91. The smallest absolute Gasteiger partial charge is 0.251 e. The van der Waals surface area contributed by atoms with Crippen molar-refractivity contribution in [2.24, 2.45) is 5.92 Å². The van der Waals surface area contributed by atoms with Gasteiger partial charge in [0.05, 0.1) is 15.2 Å². The Morgan fingerprint density at radius 1 is 1.11 bits per heavy atom. The highest BCUT2D eigenvalue weighted by Crippen LogP contribution is 2.30. The van der Waals surface area contributed by atoms with E-state index in [0.29, 0.717) is 17.8 Å². The number of para-hydroxylation sites is 1. The number of nitrogens with zero attached hydrogens (tertiary/aromatic N) is 1. The van der Waals surface area contributed by atoms with E-state index in [-0.39, 0.29) is 17.7 Å². The van der Waals surface area contributed by atoms with Crippen molar-refractivity contribution in [1.29, 1.82) is 0 Å². The van der Waals surface area contributed by atoms with Gasteiger partial charge in [-0.05, 0) is 49.6 Å². The molecule has 6 heteroatoms. The molecule has 1 fully saturated rings. The Hall–Kier alpha value is -2.73. The number of carbonyl (C=O) groups is 2. The summed E-state index contributed by atoms with van der Waals surface area (Å²) in [6.45, 7) is 0.591. The van der Waals surface area contributed by atoms with E-state index in [4.69, 9.17) is 0 Å². The van der Waals surface area contributed by atoms with Gasteiger partial charge in [0.1, 0.15) is 0 Å². The van der Waals surface area contributed by atoms with Gasteiger partial charge in [0.15, 0.2) is 0 Å². The number of anilines is 1.